The Morgan fingerprint density at radius 3 is 2.69 bits per heavy atom. The topological polar surface area (TPSA) is 32.3 Å². The molecule has 0 aliphatic carbocycles. The molecule has 0 radical (unpaired) electrons. The van der Waals surface area contributed by atoms with E-state index in [0.29, 0.717) is 12.2 Å². The van der Waals surface area contributed by atoms with Crippen molar-refractivity contribution in [3.63, 3.8) is 0 Å². The highest BCUT2D eigenvalue weighted by Gasteiger charge is 2.18. The second-order valence-electron chi connectivity index (χ2n) is 3.76. The number of piperazine rings is 1. The quantitative estimate of drug-likeness (QED) is 0.576. The summed E-state index contributed by atoms with van der Waals surface area (Å²) in [5.74, 6) is -0.0526. The second-order valence-corrected chi connectivity index (χ2v) is 3.76. The van der Waals surface area contributed by atoms with Gasteiger partial charge in [-0.1, -0.05) is 25.3 Å². The number of allylic oxidation sites excluding steroid dienone is 5. The molecule has 0 aromatic carbocycles. The maximum atomic E-state index is 11.6. The van der Waals surface area contributed by atoms with Crippen LogP contribution in [0.5, 0.6) is 0 Å². The van der Waals surface area contributed by atoms with Crippen molar-refractivity contribution >= 4 is 5.91 Å². The fourth-order valence-corrected chi connectivity index (χ4v) is 1.46. The van der Waals surface area contributed by atoms with Gasteiger partial charge in [-0.05, 0) is 24.1 Å². The van der Waals surface area contributed by atoms with Gasteiger partial charge in [0.05, 0.1) is 0 Å². The lowest BCUT2D eigenvalue weighted by atomic mass is 10.1. The minimum absolute atomic E-state index is 0.0526. The van der Waals surface area contributed by atoms with Gasteiger partial charge in [0.25, 0.3) is 5.91 Å². The van der Waals surface area contributed by atoms with Gasteiger partial charge < -0.3 is 10.2 Å². The Morgan fingerprint density at radius 1 is 1.44 bits per heavy atom. The highest BCUT2D eigenvalue weighted by Crippen LogP contribution is 2.14. The largest absolute Gasteiger partial charge is 0.368 e. The molecule has 0 aromatic heterocycles. The van der Waals surface area contributed by atoms with Gasteiger partial charge in [-0.3, -0.25) is 4.79 Å². The minimum atomic E-state index is -0.0526. The molecule has 1 fully saturated rings. The van der Waals surface area contributed by atoms with E-state index in [1.165, 1.54) is 0 Å². The van der Waals surface area contributed by atoms with Gasteiger partial charge in [0.1, 0.15) is 5.70 Å². The molecule has 1 N–H and O–H groups in total. The summed E-state index contributed by atoms with van der Waals surface area (Å²) < 4.78 is 0. The first kappa shape index (κ1) is 12.3. The van der Waals surface area contributed by atoms with E-state index in [-0.39, 0.29) is 5.91 Å². The van der Waals surface area contributed by atoms with Crippen molar-refractivity contribution in [2.45, 2.75) is 6.92 Å². The van der Waals surface area contributed by atoms with Gasteiger partial charge >= 0.3 is 0 Å². The standard InChI is InChI=1S/C13H18N2O/c1-5-6-10(2)11(3)9-12-13(16)14-7-8-15(12)4/h5-6,9H,2-3,7-8H2,1,4H3,(H,14,16)/b6-5-,12-9-. The number of rotatable bonds is 3. The number of carbonyl (C=O) groups is 1. The Hall–Kier alpha value is -1.77. The third kappa shape index (κ3) is 2.86. The van der Waals surface area contributed by atoms with Crippen molar-refractivity contribution in [1.82, 2.24) is 10.2 Å². The van der Waals surface area contributed by atoms with Crippen LogP contribution < -0.4 is 5.32 Å². The van der Waals surface area contributed by atoms with Crippen LogP contribution in [0, 0.1) is 0 Å². The van der Waals surface area contributed by atoms with Gasteiger partial charge in [-0.15, -0.1) is 0 Å². The molecule has 3 nitrogen and oxygen atoms in total. The fraction of sp³-hybridized carbons (Fsp3) is 0.308. The van der Waals surface area contributed by atoms with E-state index in [1.807, 2.05) is 31.0 Å². The Kier molecular flexibility index (Phi) is 4.11. The zero-order valence-electron chi connectivity index (χ0n) is 9.92. The molecule has 0 aromatic rings. The molecular formula is C13H18N2O. The van der Waals surface area contributed by atoms with Crippen LogP contribution in [0.1, 0.15) is 6.92 Å². The number of hydrogen-bond acceptors (Lipinski definition) is 2. The molecule has 0 atom stereocenters. The molecule has 0 bridgehead atoms. The van der Waals surface area contributed by atoms with Crippen molar-refractivity contribution in [3.8, 4) is 0 Å². The highest BCUT2D eigenvalue weighted by molar-refractivity contribution is 5.94. The molecule has 1 aliphatic rings. The van der Waals surface area contributed by atoms with Crippen LogP contribution in [-0.2, 0) is 4.79 Å². The van der Waals surface area contributed by atoms with Crippen LogP contribution in [-0.4, -0.2) is 30.9 Å². The van der Waals surface area contributed by atoms with Crippen molar-refractivity contribution in [2.75, 3.05) is 20.1 Å². The minimum Gasteiger partial charge on any atom is -0.368 e. The van der Waals surface area contributed by atoms with Gasteiger partial charge in [0, 0.05) is 20.1 Å². The molecule has 1 aliphatic heterocycles. The highest BCUT2D eigenvalue weighted by atomic mass is 16.2. The predicted molar refractivity (Wildman–Crippen MR) is 66.8 cm³/mol. The van der Waals surface area contributed by atoms with Gasteiger partial charge in [-0.25, -0.2) is 0 Å². The molecule has 0 unspecified atom stereocenters. The summed E-state index contributed by atoms with van der Waals surface area (Å²) in [6, 6.07) is 0. The van der Waals surface area contributed by atoms with Crippen molar-refractivity contribution in [2.24, 2.45) is 0 Å². The first-order valence-electron chi connectivity index (χ1n) is 5.28. The van der Waals surface area contributed by atoms with Crippen LogP contribution in [0.15, 0.2) is 48.2 Å². The lowest BCUT2D eigenvalue weighted by Gasteiger charge is -2.27. The number of nitrogens with zero attached hydrogens (tertiary/aromatic N) is 1. The van der Waals surface area contributed by atoms with E-state index in [2.05, 4.69) is 18.5 Å². The predicted octanol–water partition coefficient (Wildman–Crippen LogP) is 1.62. The summed E-state index contributed by atoms with van der Waals surface area (Å²) in [5, 5.41) is 2.80. The molecule has 16 heavy (non-hydrogen) atoms. The van der Waals surface area contributed by atoms with Crippen LogP contribution in [0.25, 0.3) is 0 Å². The lowest BCUT2D eigenvalue weighted by Crippen LogP contribution is -2.43. The Morgan fingerprint density at radius 2 is 2.12 bits per heavy atom. The molecule has 0 spiro atoms. The van der Waals surface area contributed by atoms with E-state index in [1.54, 1.807) is 6.08 Å². The number of hydrogen-bond donors (Lipinski definition) is 1. The summed E-state index contributed by atoms with van der Waals surface area (Å²) >= 11 is 0. The Bertz CT molecular complexity index is 377. The summed E-state index contributed by atoms with van der Waals surface area (Å²) in [7, 11) is 1.90. The lowest BCUT2D eigenvalue weighted by molar-refractivity contribution is -0.120. The third-order valence-corrected chi connectivity index (χ3v) is 2.47. The molecule has 0 saturated carbocycles. The SMILES string of the molecule is C=C(/C=C\C)C(=C)/C=C1/C(=O)NCCN1C. The van der Waals surface area contributed by atoms with Crippen LogP contribution in [0.2, 0.25) is 0 Å². The van der Waals surface area contributed by atoms with Crippen LogP contribution in [0.3, 0.4) is 0 Å². The average Bonchev–Trinajstić information content (AvgIpc) is 2.23. The van der Waals surface area contributed by atoms with Crippen LogP contribution in [0.4, 0.5) is 0 Å². The normalized spacial score (nSPS) is 19.0. The Labute approximate surface area is 96.8 Å². The molecule has 1 amide bonds. The molecule has 1 heterocycles. The smallest absolute Gasteiger partial charge is 0.267 e. The van der Waals surface area contributed by atoms with Gasteiger partial charge in [-0.2, -0.15) is 0 Å². The van der Waals surface area contributed by atoms with Gasteiger partial charge in [0.2, 0.25) is 0 Å². The summed E-state index contributed by atoms with van der Waals surface area (Å²) in [6.45, 7) is 11.2. The molecule has 1 saturated heterocycles. The van der Waals surface area contributed by atoms with Crippen molar-refractivity contribution < 1.29 is 4.79 Å². The Balaban J connectivity index is 2.85. The van der Waals surface area contributed by atoms with Gasteiger partial charge in [0.15, 0.2) is 0 Å². The molecular weight excluding hydrogens is 200 g/mol. The van der Waals surface area contributed by atoms with E-state index in [9.17, 15) is 4.79 Å². The maximum absolute atomic E-state index is 11.6. The summed E-state index contributed by atoms with van der Waals surface area (Å²) in [6.07, 6.45) is 5.55. The number of likely N-dealkylation sites (N-methyl/N-ethyl adjacent to an activating group) is 1. The molecule has 86 valence electrons. The number of amides is 1. The van der Waals surface area contributed by atoms with Crippen molar-refractivity contribution in [1.29, 1.82) is 0 Å². The monoisotopic (exact) mass is 218 g/mol. The zero-order valence-corrected chi connectivity index (χ0v) is 9.92. The first-order valence-corrected chi connectivity index (χ1v) is 5.28. The van der Waals surface area contributed by atoms with E-state index in [4.69, 9.17) is 0 Å². The first-order chi connectivity index (χ1) is 7.56. The van der Waals surface area contributed by atoms with E-state index >= 15 is 0 Å². The number of carbonyl (C=O) groups excluding carboxylic acids is 1. The summed E-state index contributed by atoms with van der Waals surface area (Å²) in [5.41, 5.74) is 2.22. The average molecular weight is 218 g/mol. The fourth-order valence-electron chi connectivity index (χ4n) is 1.46. The number of nitrogens with one attached hydrogen (secondary N) is 1. The van der Waals surface area contributed by atoms with Crippen molar-refractivity contribution in [3.05, 3.63) is 48.2 Å². The van der Waals surface area contributed by atoms with Crippen LogP contribution >= 0.6 is 0 Å². The second kappa shape index (κ2) is 5.35. The maximum Gasteiger partial charge on any atom is 0.267 e. The zero-order chi connectivity index (χ0) is 12.1. The van der Waals surface area contributed by atoms with E-state index in [0.717, 1.165) is 17.7 Å². The molecule has 3 heteroatoms. The third-order valence-electron chi connectivity index (χ3n) is 2.47. The summed E-state index contributed by atoms with van der Waals surface area (Å²) in [4.78, 5) is 13.5. The van der Waals surface area contributed by atoms with E-state index < -0.39 is 0 Å². The molecule has 1 rings (SSSR count).